The number of carbonyl (C=O) groups is 2. The molecule has 1 saturated heterocycles. The van der Waals surface area contributed by atoms with Crippen molar-refractivity contribution in [1.82, 2.24) is 9.80 Å². The summed E-state index contributed by atoms with van der Waals surface area (Å²) in [6.45, 7) is 3.71. The van der Waals surface area contributed by atoms with E-state index in [1.165, 1.54) is 18.9 Å². The van der Waals surface area contributed by atoms with E-state index in [4.69, 9.17) is 33.7 Å². The van der Waals surface area contributed by atoms with Gasteiger partial charge < -0.3 is 9.64 Å². The van der Waals surface area contributed by atoms with Crippen molar-refractivity contribution in [2.45, 2.75) is 31.2 Å². The summed E-state index contributed by atoms with van der Waals surface area (Å²) in [5, 5.41) is 6.04. The van der Waals surface area contributed by atoms with Gasteiger partial charge in [-0.1, -0.05) is 6.08 Å². The van der Waals surface area contributed by atoms with Gasteiger partial charge in [0.05, 0.1) is 35.7 Å². The van der Waals surface area contributed by atoms with Crippen molar-refractivity contribution >= 4 is 41.2 Å². The Balaban J connectivity index is 2.53. The number of likely N-dealkylation sites (tertiary alicyclic amines) is 1. The summed E-state index contributed by atoms with van der Waals surface area (Å²) in [6.07, 6.45) is 3.63. The Morgan fingerprint density at radius 2 is 2.08 bits per heavy atom. The van der Waals surface area contributed by atoms with Crippen LogP contribution in [0, 0.1) is 5.41 Å². The van der Waals surface area contributed by atoms with Gasteiger partial charge in [-0.15, -0.1) is 0 Å². The van der Waals surface area contributed by atoms with Crippen LogP contribution < -0.4 is 0 Å². The summed E-state index contributed by atoms with van der Waals surface area (Å²) in [4.78, 5) is 27.2. The molecule has 9 heteroatoms. The fourth-order valence-electron chi connectivity index (χ4n) is 3.06. The molecule has 2 rings (SSSR count). The molecule has 0 aromatic carbocycles. The van der Waals surface area contributed by atoms with Crippen molar-refractivity contribution in [3.05, 3.63) is 23.3 Å². The summed E-state index contributed by atoms with van der Waals surface area (Å²) in [5.74, 6) is -0.462. The third-order valence-corrected chi connectivity index (χ3v) is 4.29. The first-order valence-corrected chi connectivity index (χ1v) is 7.58. The van der Waals surface area contributed by atoms with E-state index >= 15 is 0 Å². The van der Waals surface area contributed by atoms with Crippen LogP contribution in [0.4, 0.5) is 0 Å². The molecule has 1 unspecified atom stereocenters. The molecule has 0 aromatic heterocycles. The zero-order chi connectivity index (χ0) is 18.3. The van der Waals surface area contributed by atoms with Crippen LogP contribution in [-0.4, -0.2) is 82.0 Å². The number of likely N-dealkylation sites (N-methyl/N-ethyl adjacent to an activating group) is 1. The number of ether oxygens (including phenoxy) is 1. The molecule has 120 valence electrons. The minimum Gasteiger partial charge on any atom is -0.390 e. The van der Waals surface area contributed by atoms with Gasteiger partial charge in [-0.2, -0.15) is 0 Å². The molecular weight excluding hydrogens is 303 g/mol. The van der Waals surface area contributed by atoms with E-state index in [0.717, 1.165) is 0 Å². The van der Waals surface area contributed by atoms with Crippen molar-refractivity contribution in [1.29, 1.82) is 5.41 Å². The second-order valence-electron chi connectivity index (χ2n) is 6.16. The van der Waals surface area contributed by atoms with Crippen molar-refractivity contribution in [3.63, 3.8) is 0 Å². The van der Waals surface area contributed by atoms with Crippen LogP contribution in [0.15, 0.2) is 23.3 Å². The number of hydrogen-bond donors (Lipinski definition) is 1. The molecule has 2 amide bonds. The van der Waals surface area contributed by atoms with Crippen LogP contribution in [0.5, 0.6) is 0 Å². The molecule has 0 spiro atoms. The highest BCUT2D eigenvalue weighted by Gasteiger charge is 2.49. The molecule has 1 atom stereocenters. The predicted molar refractivity (Wildman–Crippen MR) is 93.0 cm³/mol. The van der Waals surface area contributed by atoms with Gasteiger partial charge in [0, 0.05) is 32.5 Å². The van der Waals surface area contributed by atoms with Gasteiger partial charge in [0.1, 0.15) is 11.4 Å². The number of nitrogens with one attached hydrogen (secondary N) is 1. The monoisotopic (exact) mass is 321 g/mol. The molecule has 0 aromatic rings. The number of amides is 2. The minimum absolute atomic E-state index is 0.0855. The maximum absolute atomic E-state index is 12.7. The largest absolute Gasteiger partial charge is 0.390 e. The molecule has 2 heterocycles. The van der Waals surface area contributed by atoms with Crippen molar-refractivity contribution < 1.29 is 14.3 Å². The zero-order valence-corrected chi connectivity index (χ0v) is 14.1. The number of carbonyl (C=O) groups excluding carboxylic acids is 2. The van der Waals surface area contributed by atoms with Gasteiger partial charge >= 0.3 is 0 Å². The topological polar surface area (TPSA) is 73.7 Å². The van der Waals surface area contributed by atoms with E-state index in [0.29, 0.717) is 18.5 Å². The van der Waals surface area contributed by atoms with E-state index in [1.807, 2.05) is 0 Å². The average molecular weight is 321 g/mol. The first-order chi connectivity index (χ1) is 11.0. The fraction of sp³-hybridized carbons (Fsp3) is 0.533. The van der Waals surface area contributed by atoms with Crippen LogP contribution in [0.25, 0.3) is 0 Å². The van der Waals surface area contributed by atoms with Gasteiger partial charge in [-0.05, 0) is 18.3 Å². The molecule has 1 N–H and O–H groups in total. The summed E-state index contributed by atoms with van der Waals surface area (Å²) in [7, 11) is 18.4. The lowest BCUT2D eigenvalue weighted by atomic mass is 9.52. The molecule has 1 fully saturated rings. The van der Waals surface area contributed by atoms with Gasteiger partial charge in [0.25, 0.3) is 5.91 Å². The third kappa shape index (κ3) is 3.36. The molecule has 6 radical (unpaired) electrons. The van der Waals surface area contributed by atoms with E-state index in [2.05, 4.69) is 0 Å². The third-order valence-electron chi connectivity index (χ3n) is 4.29. The lowest BCUT2D eigenvalue weighted by Gasteiger charge is -2.41. The molecular formula is C15H18B3N3O3. The van der Waals surface area contributed by atoms with Gasteiger partial charge in [0.2, 0.25) is 5.91 Å². The molecule has 0 saturated carbocycles. The Morgan fingerprint density at radius 1 is 1.46 bits per heavy atom. The summed E-state index contributed by atoms with van der Waals surface area (Å²) >= 11 is 0. The maximum atomic E-state index is 12.7. The highest BCUT2D eigenvalue weighted by atomic mass is 16.5. The van der Waals surface area contributed by atoms with Crippen molar-refractivity contribution in [2.24, 2.45) is 0 Å². The number of nitrogens with zero attached hydrogens (tertiary/aromatic N) is 2. The Kier molecular flexibility index (Phi) is 4.86. The Labute approximate surface area is 146 Å². The smallest absolute Gasteiger partial charge is 0.258 e. The number of allylic oxidation sites excluding steroid dienone is 1. The van der Waals surface area contributed by atoms with E-state index in [9.17, 15) is 9.59 Å². The second-order valence-corrected chi connectivity index (χ2v) is 6.16. The lowest BCUT2D eigenvalue weighted by Crippen LogP contribution is -2.54. The first-order valence-electron chi connectivity index (χ1n) is 7.58. The van der Waals surface area contributed by atoms with Gasteiger partial charge in [-0.3, -0.25) is 19.9 Å². The Morgan fingerprint density at radius 3 is 2.54 bits per heavy atom. The van der Waals surface area contributed by atoms with Gasteiger partial charge in [-0.25, -0.2) is 0 Å². The standard InChI is InChI=1S/C15H18B3N3O3/c1-4-10-7-11(13(23)20(3)12(10)19)14(24-15(16,17)18)5-6-21(8-14)9(2)22/h4,7,19H,5-6,8H2,1-3H3/b10-4+,19-12?. The number of hydrogen-bond acceptors (Lipinski definition) is 4. The quantitative estimate of drug-likeness (QED) is 0.708. The van der Waals surface area contributed by atoms with Crippen LogP contribution in [0.3, 0.4) is 0 Å². The molecule has 2 aliphatic rings. The molecule has 0 bridgehead atoms. The normalized spacial score (nSPS) is 27.0. The van der Waals surface area contributed by atoms with E-state index in [-0.39, 0.29) is 23.9 Å². The summed E-state index contributed by atoms with van der Waals surface area (Å²) < 4.78 is 5.68. The first kappa shape index (κ1) is 18.6. The minimum atomic E-state index is -1.96. The van der Waals surface area contributed by atoms with Crippen LogP contribution in [-0.2, 0) is 14.3 Å². The molecule has 6 nitrogen and oxygen atoms in total. The predicted octanol–water partition coefficient (Wildman–Crippen LogP) is -0.567. The molecule has 0 aliphatic carbocycles. The maximum Gasteiger partial charge on any atom is 0.258 e. The fourth-order valence-corrected chi connectivity index (χ4v) is 3.06. The Bertz CT molecular complexity index is 654. The second kappa shape index (κ2) is 6.28. The zero-order valence-electron chi connectivity index (χ0n) is 14.1. The Hall–Kier alpha value is -1.76. The van der Waals surface area contributed by atoms with Crippen LogP contribution >= 0.6 is 0 Å². The SMILES string of the molecule is [B]C([B])([B])OC1(C2=C/C(=C\C)C(=N)N(C)C2=O)CCN(C(C)=O)C1. The van der Waals surface area contributed by atoms with Gasteiger partial charge in [0.15, 0.2) is 0 Å². The van der Waals surface area contributed by atoms with Crippen molar-refractivity contribution in [2.75, 3.05) is 20.1 Å². The highest BCUT2D eigenvalue weighted by molar-refractivity contribution is 6.58. The van der Waals surface area contributed by atoms with Crippen LogP contribution in [0.1, 0.15) is 20.3 Å². The highest BCUT2D eigenvalue weighted by Crippen LogP contribution is 2.38. The molecule has 2 aliphatic heterocycles. The van der Waals surface area contributed by atoms with E-state index in [1.54, 1.807) is 24.0 Å². The summed E-state index contributed by atoms with van der Waals surface area (Å²) in [6, 6.07) is 0. The summed E-state index contributed by atoms with van der Waals surface area (Å²) in [5.41, 5.74) is -0.374. The number of rotatable bonds is 3. The lowest BCUT2D eigenvalue weighted by molar-refractivity contribution is -0.131. The number of amidine groups is 1. The van der Waals surface area contributed by atoms with Crippen LogP contribution in [0.2, 0.25) is 0 Å². The molecule has 24 heavy (non-hydrogen) atoms. The average Bonchev–Trinajstić information content (AvgIpc) is 2.88. The van der Waals surface area contributed by atoms with E-state index < -0.39 is 16.8 Å². The van der Waals surface area contributed by atoms with Crippen molar-refractivity contribution in [3.8, 4) is 0 Å².